The van der Waals surface area contributed by atoms with Crippen LogP contribution in [0.4, 0.5) is 18.9 Å². The molecule has 182 valence electrons. The normalized spacial score (nSPS) is 18.1. The van der Waals surface area contributed by atoms with Crippen LogP contribution in [0.3, 0.4) is 0 Å². The van der Waals surface area contributed by atoms with Crippen LogP contribution in [0.5, 0.6) is 0 Å². The van der Waals surface area contributed by atoms with E-state index in [2.05, 4.69) is 22.8 Å². The van der Waals surface area contributed by atoms with Crippen LogP contribution in [0.15, 0.2) is 72.7 Å². The molecule has 35 heavy (non-hydrogen) atoms. The molecule has 3 aliphatic rings. The summed E-state index contributed by atoms with van der Waals surface area (Å²) in [5.41, 5.74) is 1.16. The Morgan fingerprint density at radius 1 is 1.17 bits per heavy atom. The van der Waals surface area contributed by atoms with Crippen LogP contribution >= 0.6 is 0 Å². The lowest BCUT2D eigenvalue weighted by Crippen LogP contribution is -2.25. The molecule has 1 atom stereocenters. The standard InChI is InChI=1S/C24H21F3N6.C2H6/c1-15-32-8-4-7-20(24(25,26)27)21(32)13-33(15)19-10-16(12-28)9-18(11-19)22(17-5-3-6-17)23-30-29-14-31(23)2;1-2/h4,7-11,13-14,17,22H,1,3,5-6H2,2H3;1-2H3. The Labute approximate surface area is 203 Å². The van der Waals surface area contributed by atoms with Crippen molar-refractivity contribution in [3.8, 4) is 6.07 Å². The first-order chi connectivity index (χ1) is 16.8. The fraction of sp³-hybridized carbons (Fsp3) is 0.346. The van der Waals surface area contributed by atoms with Crippen LogP contribution in [0.2, 0.25) is 0 Å². The lowest BCUT2D eigenvalue weighted by Gasteiger charge is -2.34. The lowest BCUT2D eigenvalue weighted by atomic mass is 9.72. The van der Waals surface area contributed by atoms with Crippen LogP contribution < -0.4 is 4.90 Å². The molecule has 5 rings (SSSR count). The van der Waals surface area contributed by atoms with Gasteiger partial charge in [0, 0.05) is 31.1 Å². The van der Waals surface area contributed by atoms with Crippen molar-refractivity contribution < 1.29 is 13.2 Å². The number of aryl methyl sites for hydroxylation is 1. The highest BCUT2D eigenvalue weighted by Crippen LogP contribution is 2.45. The Hall–Kier alpha value is -3.80. The third-order valence-electron chi connectivity index (χ3n) is 6.50. The van der Waals surface area contributed by atoms with Gasteiger partial charge in [0.1, 0.15) is 18.0 Å². The van der Waals surface area contributed by atoms with Crippen molar-refractivity contribution in [1.29, 1.82) is 5.26 Å². The van der Waals surface area contributed by atoms with Crippen LogP contribution in [-0.2, 0) is 7.05 Å². The van der Waals surface area contributed by atoms with Gasteiger partial charge in [0.2, 0.25) is 0 Å². The van der Waals surface area contributed by atoms with Crippen LogP contribution in [0.25, 0.3) is 0 Å². The maximum Gasteiger partial charge on any atom is 0.418 e. The molecule has 1 aromatic carbocycles. The number of fused-ring (bicyclic) bond motifs is 1. The molecule has 2 aliphatic heterocycles. The number of hydrogen-bond acceptors (Lipinski definition) is 5. The third-order valence-corrected chi connectivity index (χ3v) is 6.50. The quantitative estimate of drug-likeness (QED) is 0.530. The molecule has 1 saturated carbocycles. The van der Waals surface area contributed by atoms with Gasteiger partial charge in [-0.1, -0.05) is 26.8 Å². The summed E-state index contributed by atoms with van der Waals surface area (Å²) in [6, 6.07) is 7.61. The number of nitriles is 1. The van der Waals surface area contributed by atoms with Gasteiger partial charge in [-0.25, -0.2) is 0 Å². The van der Waals surface area contributed by atoms with Gasteiger partial charge in [-0.05, 0) is 54.7 Å². The SMILES string of the molecule is C=C1N2C=CC=C(C(F)(F)F)C2=CN1c1cc(C#N)cc(C(c2nncn2C)C2CCC2)c1.CC. The summed E-state index contributed by atoms with van der Waals surface area (Å²) >= 11 is 0. The number of benzene rings is 1. The summed E-state index contributed by atoms with van der Waals surface area (Å²) in [5, 5.41) is 18.1. The molecule has 0 saturated heterocycles. The third kappa shape index (κ3) is 4.36. The monoisotopic (exact) mass is 480 g/mol. The minimum atomic E-state index is -4.49. The van der Waals surface area contributed by atoms with Gasteiger partial charge in [-0.3, -0.25) is 0 Å². The fourth-order valence-corrected chi connectivity index (χ4v) is 4.65. The maximum atomic E-state index is 13.6. The van der Waals surface area contributed by atoms with Gasteiger partial charge in [0.05, 0.1) is 22.9 Å². The van der Waals surface area contributed by atoms with Gasteiger partial charge in [0.25, 0.3) is 0 Å². The maximum absolute atomic E-state index is 13.6. The van der Waals surface area contributed by atoms with E-state index in [0.717, 1.165) is 36.7 Å². The van der Waals surface area contributed by atoms with E-state index in [4.69, 9.17) is 0 Å². The van der Waals surface area contributed by atoms with Gasteiger partial charge in [-0.15, -0.1) is 10.2 Å². The lowest BCUT2D eigenvalue weighted by molar-refractivity contribution is -0.0908. The number of alkyl halides is 3. The first kappa shape index (κ1) is 24.3. The van der Waals surface area contributed by atoms with Crippen molar-refractivity contribution in [2.75, 3.05) is 4.90 Å². The topological polar surface area (TPSA) is 61.0 Å². The van der Waals surface area contributed by atoms with E-state index in [1.807, 2.05) is 37.6 Å². The Bertz CT molecular complexity index is 1260. The molecule has 0 bridgehead atoms. The zero-order chi connectivity index (χ0) is 25.3. The average molecular weight is 481 g/mol. The minimum absolute atomic E-state index is 0.00255. The van der Waals surface area contributed by atoms with Gasteiger partial charge in [-0.2, -0.15) is 18.4 Å². The zero-order valence-electron chi connectivity index (χ0n) is 19.9. The van der Waals surface area contributed by atoms with Crippen molar-refractivity contribution in [3.63, 3.8) is 0 Å². The number of rotatable bonds is 4. The van der Waals surface area contributed by atoms with Crippen LogP contribution in [0.1, 0.15) is 56.0 Å². The molecule has 1 aliphatic carbocycles. The predicted molar refractivity (Wildman–Crippen MR) is 128 cm³/mol. The molecule has 6 nitrogen and oxygen atoms in total. The highest BCUT2D eigenvalue weighted by atomic mass is 19.4. The van der Waals surface area contributed by atoms with Crippen molar-refractivity contribution in [3.05, 3.63) is 89.7 Å². The molecule has 9 heteroatoms. The second-order valence-electron chi connectivity index (χ2n) is 8.48. The summed E-state index contributed by atoms with van der Waals surface area (Å²) in [7, 11) is 1.89. The second kappa shape index (κ2) is 9.45. The van der Waals surface area contributed by atoms with Crippen molar-refractivity contribution in [2.45, 2.75) is 45.2 Å². The Balaban J connectivity index is 0.00000141. The number of nitrogens with zero attached hydrogens (tertiary/aromatic N) is 6. The fourth-order valence-electron chi connectivity index (χ4n) is 4.65. The molecule has 0 N–H and O–H groups in total. The number of anilines is 1. The Kier molecular flexibility index (Phi) is 6.57. The molecule has 0 spiro atoms. The first-order valence-corrected chi connectivity index (χ1v) is 11.6. The molecule has 1 unspecified atom stereocenters. The van der Waals surface area contributed by atoms with E-state index in [9.17, 15) is 18.4 Å². The molecule has 0 amide bonds. The molecule has 0 radical (unpaired) electrons. The number of allylic oxidation sites excluding steroid dienone is 3. The summed E-state index contributed by atoms with van der Waals surface area (Å²) in [6.45, 7) is 8.01. The molecule has 2 aromatic rings. The number of aromatic nitrogens is 3. The zero-order valence-corrected chi connectivity index (χ0v) is 19.9. The summed E-state index contributed by atoms with van der Waals surface area (Å²) in [5.74, 6) is 1.47. The van der Waals surface area contributed by atoms with Crippen molar-refractivity contribution in [1.82, 2.24) is 19.7 Å². The van der Waals surface area contributed by atoms with Crippen molar-refractivity contribution >= 4 is 5.69 Å². The van der Waals surface area contributed by atoms with E-state index in [1.165, 1.54) is 17.2 Å². The van der Waals surface area contributed by atoms with Gasteiger partial charge in [0.15, 0.2) is 0 Å². The number of hydrogen-bond donors (Lipinski definition) is 0. The largest absolute Gasteiger partial charge is 0.418 e. The molecular weight excluding hydrogens is 453 g/mol. The molecule has 3 heterocycles. The first-order valence-electron chi connectivity index (χ1n) is 11.6. The summed E-state index contributed by atoms with van der Waals surface area (Å²) in [6.07, 6.45) is 5.76. The van der Waals surface area contributed by atoms with Crippen LogP contribution in [-0.4, -0.2) is 25.8 Å². The second-order valence-corrected chi connectivity index (χ2v) is 8.48. The van der Waals surface area contributed by atoms with Gasteiger partial charge >= 0.3 is 6.18 Å². The number of halogens is 3. The Morgan fingerprint density at radius 2 is 1.91 bits per heavy atom. The average Bonchev–Trinajstić information content (AvgIpc) is 3.39. The van der Waals surface area contributed by atoms with E-state index < -0.39 is 11.7 Å². The van der Waals surface area contributed by atoms with Crippen LogP contribution in [0, 0.1) is 17.2 Å². The minimum Gasteiger partial charge on any atom is -0.320 e. The Morgan fingerprint density at radius 3 is 2.49 bits per heavy atom. The molecule has 1 fully saturated rings. The van der Waals surface area contributed by atoms with E-state index in [-0.39, 0.29) is 11.6 Å². The predicted octanol–water partition coefficient (Wildman–Crippen LogP) is 6.10. The smallest absolute Gasteiger partial charge is 0.320 e. The van der Waals surface area contributed by atoms with Crippen molar-refractivity contribution in [2.24, 2.45) is 13.0 Å². The van der Waals surface area contributed by atoms with E-state index in [1.54, 1.807) is 23.5 Å². The van der Waals surface area contributed by atoms with E-state index in [0.29, 0.717) is 23.0 Å². The molecular formula is C26H27F3N6. The highest BCUT2D eigenvalue weighted by Gasteiger charge is 2.42. The summed E-state index contributed by atoms with van der Waals surface area (Å²) in [4.78, 5) is 3.01. The highest BCUT2D eigenvalue weighted by molar-refractivity contribution is 5.65. The van der Waals surface area contributed by atoms with E-state index >= 15 is 0 Å². The summed E-state index contributed by atoms with van der Waals surface area (Å²) < 4.78 is 42.6. The van der Waals surface area contributed by atoms with Gasteiger partial charge < -0.3 is 14.4 Å². The molecule has 1 aromatic heterocycles.